The quantitative estimate of drug-likeness (QED) is 0.768. The van der Waals surface area contributed by atoms with Crippen molar-refractivity contribution < 1.29 is 9.59 Å². The van der Waals surface area contributed by atoms with E-state index in [-0.39, 0.29) is 30.6 Å². The number of amides is 2. The van der Waals surface area contributed by atoms with E-state index in [2.05, 4.69) is 16.0 Å². The molecule has 0 aromatic heterocycles. The second-order valence-electron chi connectivity index (χ2n) is 6.12. The van der Waals surface area contributed by atoms with Crippen molar-refractivity contribution in [3.63, 3.8) is 0 Å². The molecule has 25 heavy (non-hydrogen) atoms. The molecular formula is C19H22ClN3O2. The Morgan fingerprint density at radius 1 is 0.920 bits per heavy atom. The highest BCUT2D eigenvalue weighted by Gasteiger charge is 2.43. The van der Waals surface area contributed by atoms with Crippen molar-refractivity contribution in [2.45, 2.75) is 12.8 Å². The lowest BCUT2D eigenvalue weighted by Gasteiger charge is -2.26. The molecule has 2 aromatic carbocycles. The Morgan fingerprint density at radius 2 is 1.48 bits per heavy atom. The van der Waals surface area contributed by atoms with E-state index < -0.39 is 5.41 Å². The first-order valence-corrected chi connectivity index (χ1v) is 8.10. The van der Waals surface area contributed by atoms with E-state index in [1.807, 2.05) is 60.7 Å². The van der Waals surface area contributed by atoms with Crippen LogP contribution in [0.2, 0.25) is 0 Å². The first-order valence-electron chi connectivity index (χ1n) is 8.10. The molecule has 0 saturated carbocycles. The maximum absolute atomic E-state index is 12.8. The van der Waals surface area contributed by atoms with Gasteiger partial charge in [-0.1, -0.05) is 36.4 Å². The molecule has 3 N–H and O–H groups in total. The largest absolute Gasteiger partial charge is 0.326 e. The van der Waals surface area contributed by atoms with Gasteiger partial charge in [-0.2, -0.15) is 0 Å². The van der Waals surface area contributed by atoms with Gasteiger partial charge >= 0.3 is 0 Å². The summed E-state index contributed by atoms with van der Waals surface area (Å²) in [5.41, 5.74) is 0.777. The number of carbonyl (C=O) groups excluding carboxylic acids is 2. The van der Waals surface area contributed by atoms with Gasteiger partial charge in [-0.15, -0.1) is 12.4 Å². The molecule has 3 rings (SSSR count). The fourth-order valence-corrected chi connectivity index (χ4v) is 2.99. The van der Waals surface area contributed by atoms with E-state index in [1.165, 1.54) is 0 Å². The number of rotatable bonds is 5. The first-order chi connectivity index (χ1) is 11.7. The predicted octanol–water partition coefficient (Wildman–Crippen LogP) is 3.06. The van der Waals surface area contributed by atoms with E-state index in [9.17, 15) is 9.59 Å². The molecule has 132 valence electrons. The highest BCUT2D eigenvalue weighted by atomic mass is 35.5. The molecule has 0 aliphatic carbocycles. The smallest absolute Gasteiger partial charge is 0.232 e. The SMILES string of the molecule is Cl.O=C(CC1(C(=O)Nc2ccccc2)CCNC1)Nc1ccccc1. The molecule has 5 nitrogen and oxygen atoms in total. The van der Waals surface area contributed by atoms with Crippen LogP contribution < -0.4 is 16.0 Å². The summed E-state index contributed by atoms with van der Waals surface area (Å²) < 4.78 is 0. The van der Waals surface area contributed by atoms with Crippen LogP contribution in [-0.4, -0.2) is 24.9 Å². The Morgan fingerprint density at radius 3 is 2.00 bits per heavy atom. The Hall–Kier alpha value is -2.37. The van der Waals surface area contributed by atoms with Crippen molar-refractivity contribution in [2.75, 3.05) is 23.7 Å². The van der Waals surface area contributed by atoms with Gasteiger partial charge in [-0.05, 0) is 37.2 Å². The number of anilines is 2. The summed E-state index contributed by atoms with van der Waals surface area (Å²) >= 11 is 0. The Balaban J connectivity index is 0.00000225. The number of nitrogens with one attached hydrogen (secondary N) is 3. The lowest BCUT2D eigenvalue weighted by Crippen LogP contribution is -2.41. The molecule has 0 spiro atoms. The first kappa shape index (κ1) is 19.0. The number of carbonyl (C=O) groups is 2. The summed E-state index contributed by atoms with van der Waals surface area (Å²) in [4.78, 5) is 25.2. The zero-order chi connectivity index (χ0) is 16.8. The zero-order valence-electron chi connectivity index (χ0n) is 13.8. The van der Waals surface area contributed by atoms with Crippen LogP contribution in [-0.2, 0) is 9.59 Å². The van der Waals surface area contributed by atoms with E-state index in [4.69, 9.17) is 0 Å². The average Bonchev–Trinajstić information content (AvgIpc) is 3.06. The third-order valence-corrected chi connectivity index (χ3v) is 4.31. The Kier molecular flexibility index (Phi) is 6.56. The van der Waals surface area contributed by atoms with Crippen molar-refractivity contribution in [1.29, 1.82) is 0 Å². The summed E-state index contributed by atoms with van der Waals surface area (Å²) in [6.45, 7) is 1.24. The number of para-hydroxylation sites is 2. The van der Waals surface area contributed by atoms with Crippen LogP contribution in [0.25, 0.3) is 0 Å². The molecule has 2 aromatic rings. The van der Waals surface area contributed by atoms with E-state index in [1.54, 1.807) is 0 Å². The number of hydrogen-bond acceptors (Lipinski definition) is 3. The van der Waals surface area contributed by atoms with Gasteiger partial charge in [0.1, 0.15) is 0 Å². The fourth-order valence-electron chi connectivity index (χ4n) is 2.99. The van der Waals surface area contributed by atoms with Crippen LogP contribution in [0.15, 0.2) is 60.7 Å². The lowest BCUT2D eigenvalue weighted by atomic mass is 9.82. The van der Waals surface area contributed by atoms with Gasteiger partial charge in [-0.3, -0.25) is 9.59 Å². The highest BCUT2D eigenvalue weighted by Crippen LogP contribution is 2.32. The fraction of sp³-hybridized carbons (Fsp3) is 0.263. The number of hydrogen-bond donors (Lipinski definition) is 3. The molecule has 2 amide bonds. The minimum absolute atomic E-state index is 0. The predicted molar refractivity (Wildman–Crippen MR) is 102 cm³/mol. The molecular weight excluding hydrogens is 338 g/mol. The normalized spacial score (nSPS) is 18.9. The minimum atomic E-state index is -0.714. The van der Waals surface area contributed by atoms with Crippen molar-refractivity contribution in [2.24, 2.45) is 5.41 Å². The molecule has 0 bridgehead atoms. The molecule has 1 heterocycles. The van der Waals surface area contributed by atoms with Crippen molar-refractivity contribution >= 4 is 35.6 Å². The molecule has 0 radical (unpaired) electrons. The second-order valence-corrected chi connectivity index (χ2v) is 6.12. The summed E-state index contributed by atoms with van der Waals surface area (Å²) in [7, 11) is 0. The minimum Gasteiger partial charge on any atom is -0.326 e. The maximum Gasteiger partial charge on any atom is 0.232 e. The van der Waals surface area contributed by atoms with Gasteiger partial charge in [0.25, 0.3) is 0 Å². The van der Waals surface area contributed by atoms with Gasteiger partial charge in [-0.25, -0.2) is 0 Å². The zero-order valence-corrected chi connectivity index (χ0v) is 14.6. The van der Waals surface area contributed by atoms with Crippen LogP contribution >= 0.6 is 12.4 Å². The average molecular weight is 360 g/mol. The Bertz CT molecular complexity index is 701. The van der Waals surface area contributed by atoms with E-state index in [0.717, 1.165) is 17.9 Å². The summed E-state index contributed by atoms with van der Waals surface area (Å²) in [6.07, 6.45) is 0.807. The highest BCUT2D eigenvalue weighted by molar-refractivity contribution is 6.01. The summed E-state index contributed by atoms with van der Waals surface area (Å²) in [6, 6.07) is 18.6. The van der Waals surface area contributed by atoms with Crippen molar-refractivity contribution in [1.82, 2.24) is 5.32 Å². The lowest BCUT2D eigenvalue weighted by molar-refractivity contribution is -0.129. The molecule has 1 atom stereocenters. The van der Waals surface area contributed by atoms with Gasteiger partial charge in [0, 0.05) is 24.3 Å². The second kappa shape index (κ2) is 8.65. The van der Waals surface area contributed by atoms with E-state index in [0.29, 0.717) is 13.0 Å². The van der Waals surface area contributed by atoms with Gasteiger partial charge < -0.3 is 16.0 Å². The maximum atomic E-state index is 12.8. The standard InChI is InChI=1S/C19H21N3O2.ClH/c23-17(21-15-7-3-1-4-8-15)13-19(11-12-20-14-19)18(24)22-16-9-5-2-6-10-16;/h1-10,20H,11-14H2,(H,21,23)(H,22,24);1H. The molecule has 1 aliphatic rings. The van der Waals surface area contributed by atoms with Gasteiger partial charge in [0.05, 0.1) is 5.41 Å². The molecule has 6 heteroatoms. The van der Waals surface area contributed by atoms with Crippen molar-refractivity contribution in [3.05, 3.63) is 60.7 Å². The Labute approximate surface area is 153 Å². The topological polar surface area (TPSA) is 70.2 Å². The van der Waals surface area contributed by atoms with Gasteiger partial charge in [0.2, 0.25) is 11.8 Å². The number of halogens is 1. The summed E-state index contributed by atoms with van der Waals surface area (Å²) in [5, 5.41) is 9.01. The third-order valence-electron chi connectivity index (χ3n) is 4.31. The monoisotopic (exact) mass is 359 g/mol. The van der Waals surface area contributed by atoms with Crippen LogP contribution in [0.1, 0.15) is 12.8 Å². The third kappa shape index (κ3) is 4.81. The van der Waals surface area contributed by atoms with Crippen LogP contribution in [0.4, 0.5) is 11.4 Å². The van der Waals surface area contributed by atoms with Crippen LogP contribution in [0.3, 0.4) is 0 Å². The summed E-state index contributed by atoms with van der Waals surface area (Å²) in [5.74, 6) is -0.255. The molecule has 1 unspecified atom stereocenters. The van der Waals surface area contributed by atoms with Crippen LogP contribution in [0, 0.1) is 5.41 Å². The molecule has 1 fully saturated rings. The van der Waals surface area contributed by atoms with E-state index >= 15 is 0 Å². The number of benzene rings is 2. The molecule has 1 aliphatic heterocycles. The van der Waals surface area contributed by atoms with Crippen LogP contribution in [0.5, 0.6) is 0 Å². The molecule has 1 saturated heterocycles. The van der Waals surface area contributed by atoms with Crippen molar-refractivity contribution in [3.8, 4) is 0 Å². The van der Waals surface area contributed by atoms with Gasteiger partial charge in [0.15, 0.2) is 0 Å².